The first-order valence-corrected chi connectivity index (χ1v) is 10.3. The lowest BCUT2D eigenvalue weighted by Gasteiger charge is -2.13. The highest BCUT2D eigenvalue weighted by Gasteiger charge is 2.17. The molecule has 0 saturated heterocycles. The second-order valence-corrected chi connectivity index (χ2v) is 7.65. The molecule has 1 unspecified atom stereocenters. The number of aliphatic carboxylic acids is 1. The summed E-state index contributed by atoms with van der Waals surface area (Å²) in [7, 11) is 0. The molecule has 6 nitrogen and oxygen atoms in total. The number of carboxylic acid groups (broad SMARTS) is 1. The number of benzene rings is 1. The average molecular weight is 413 g/mol. The number of aromatic nitrogens is 2. The fourth-order valence-corrected chi connectivity index (χ4v) is 4.02. The molecule has 0 fully saturated rings. The van der Waals surface area contributed by atoms with Crippen LogP contribution < -0.4 is 4.74 Å². The van der Waals surface area contributed by atoms with E-state index in [-0.39, 0.29) is 0 Å². The Balaban J connectivity index is 1.53. The number of hydrogen-bond donors (Lipinski definition) is 1. The third-order valence-electron chi connectivity index (χ3n) is 4.39. The molecule has 0 spiro atoms. The van der Waals surface area contributed by atoms with Crippen molar-refractivity contribution in [2.24, 2.45) is 0 Å². The van der Waals surface area contributed by atoms with Gasteiger partial charge in [0.15, 0.2) is 11.9 Å². The second kappa shape index (κ2) is 10.1. The van der Waals surface area contributed by atoms with Gasteiger partial charge in [-0.25, -0.2) is 14.8 Å². The highest BCUT2D eigenvalue weighted by Crippen LogP contribution is 2.29. The highest BCUT2D eigenvalue weighted by atomic mass is 32.1. The average Bonchev–Trinajstić information content (AvgIpc) is 3.10. The van der Waals surface area contributed by atoms with Gasteiger partial charge >= 0.3 is 5.97 Å². The summed E-state index contributed by atoms with van der Waals surface area (Å²) >= 11 is 1.69. The van der Waals surface area contributed by atoms with Gasteiger partial charge in [-0.1, -0.05) is 12.1 Å². The lowest BCUT2D eigenvalue weighted by molar-refractivity contribution is -0.149. The predicted octanol–water partition coefficient (Wildman–Crippen LogP) is 4.17. The van der Waals surface area contributed by atoms with Crippen molar-refractivity contribution in [3.63, 3.8) is 0 Å². The van der Waals surface area contributed by atoms with Crippen LogP contribution in [-0.4, -0.2) is 40.4 Å². The van der Waals surface area contributed by atoms with Crippen molar-refractivity contribution in [2.75, 3.05) is 13.2 Å². The van der Waals surface area contributed by atoms with Gasteiger partial charge in [0.1, 0.15) is 5.75 Å². The molecule has 3 aromatic rings. The molecule has 152 valence electrons. The molecule has 0 saturated carbocycles. The Morgan fingerprint density at radius 1 is 1.21 bits per heavy atom. The Morgan fingerprint density at radius 3 is 2.59 bits per heavy atom. The lowest BCUT2D eigenvalue weighted by atomic mass is 10.1. The van der Waals surface area contributed by atoms with Gasteiger partial charge in [-0.15, -0.1) is 11.3 Å². The van der Waals surface area contributed by atoms with E-state index in [0.717, 1.165) is 28.4 Å². The molecule has 3 rings (SSSR count). The predicted molar refractivity (Wildman–Crippen MR) is 112 cm³/mol. The van der Waals surface area contributed by atoms with E-state index >= 15 is 0 Å². The molecule has 0 amide bonds. The van der Waals surface area contributed by atoms with Crippen LogP contribution in [0.25, 0.3) is 10.7 Å². The fraction of sp³-hybridized carbons (Fsp3) is 0.318. The number of carboxylic acids is 1. The van der Waals surface area contributed by atoms with Gasteiger partial charge in [-0.3, -0.25) is 0 Å². The maximum absolute atomic E-state index is 11.2. The minimum Gasteiger partial charge on any atom is -0.493 e. The van der Waals surface area contributed by atoms with E-state index in [1.165, 1.54) is 10.4 Å². The first-order chi connectivity index (χ1) is 14.1. The number of aryl methyl sites for hydroxylation is 1. The number of carbonyl (C=O) groups is 1. The Kier molecular flexibility index (Phi) is 7.32. The first kappa shape index (κ1) is 21.0. The van der Waals surface area contributed by atoms with Crippen LogP contribution in [0.2, 0.25) is 0 Å². The van der Waals surface area contributed by atoms with Crippen LogP contribution in [0.5, 0.6) is 5.75 Å². The fourth-order valence-electron chi connectivity index (χ4n) is 2.92. The molecule has 2 heterocycles. The zero-order valence-electron chi connectivity index (χ0n) is 16.5. The Morgan fingerprint density at radius 2 is 1.93 bits per heavy atom. The molecule has 0 aliphatic carbocycles. The molecular formula is C22H24N2O4S. The molecule has 1 N–H and O–H groups in total. The van der Waals surface area contributed by atoms with Crippen molar-refractivity contribution in [1.29, 1.82) is 0 Å². The van der Waals surface area contributed by atoms with E-state index < -0.39 is 12.1 Å². The summed E-state index contributed by atoms with van der Waals surface area (Å²) < 4.78 is 11.1. The smallest absolute Gasteiger partial charge is 0.333 e. The molecule has 0 aliphatic heterocycles. The number of ether oxygens (including phenoxy) is 2. The summed E-state index contributed by atoms with van der Waals surface area (Å²) in [5.41, 5.74) is 2.12. The Bertz CT molecular complexity index is 926. The van der Waals surface area contributed by atoms with Crippen LogP contribution in [0.3, 0.4) is 0 Å². The molecule has 1 atom stereocenters. The molecule has 0 radical (unpaired) electrons. The van der Waals surface area contributed by atoms with Gasteiger partial charge in [-0.2, -0.15) is 0 Å². The van der Waals surface area contributed by atoms with Gasteiger partial charge in [0.2, 0.25) is 0 Å². The summed E-state index contributed by atoms with van der Waals surface area (Å²) in [6, 6.07) is 11.4. The summed E-state index contributed by atoms with van der Waals surface area (Å²) in [4.78, 5) is 22.1. The van der Waals surface area contributed by atoms with Crippen molar-refractivity contribution in [1.82, 2.24) is 9.97 Å². The zero-order valence-corrected chi connectivity index (χ0v) is 17.3. The maximum Gasteiger partial charge on any atom is 0.333 e. The lowest BCUT2D eigenvalue weighted by Crippen LogP contribution is -2.26. The summed E-state index contributed by atoms with van der Waals surface area (Å²) in [5, 5.41) is 9.18. The molecule has 0 aliphatic rings. The molecule has 0 bridgehead atoms. The van der Waals surface area contributed by atoms with Crippen LogP contribution in [0.1, 0.15) is 22.9 Å². The summed E-state index contributed by atoms with van der Waals surface area (Å²) in [6.45, 7) is 4.81. The third-order valence-corrected chi connectivity index (χ3v) is 5.69. The van der Waals surface area contributed by atoms with Crippen molar-refractivity contribution in [2.45, 2.75) is 32.8 Å². The van der Waals surface area contributed by atoms with Crippen LogP contribution in [0.15, 0.2) is 48.8 Å². The van der Waals surface area contributed by atoms with Gasteiger partial charge in [-0.05, 0) is 49.2 Å². The maximum atomic E-state index is 11.2. The van der Waals surface area contributed by atoms with E-state index in [4.69, 9.17) is 9.47 Å². The van der Waals surface area contributed by atoms with Gasteiger partial charge in [0.05, 0.1) is 11.5 Å². The standard InChI is InChI=1S/C22H24N2O4S/c1-3-27-18(22(25)26)14-16-5-7-17(8-6-16)28-12-9-19-15(2)13-20(29-19)21-23-10-4-11-24-21/h4-8,10-11,13,18H,3,9,12,14H2,1-2H3,(H,25,26). The van der Waals surface area contributed by atoms with E-state index in [0.29, 0.717) is 19.6 Å². The number of thiophene rings is 1. The second-order valence-electron chi connectivity index (χ2n) is 6.52. The van der Waals surface area contributed by atoms with Crippen molar-refractivity contribution in [3.05, 3.63) is 64.8 Å². The minimum atomic E-state index is -0.946. The Labute approximate surface area is 174 Å². The quantitative estimate of drug-likeness (QED) is 0.538. The monoisotopic (exact) mass is 412 g/mol. The first-order valence-electron chi connectivity index (χ1n) is 9.49. The van der Waals surface area contributed by atoms with Crippen LogP contribution in [-0.2, 0) is 22.4 Å². The molecular weight excluding hydrogens is 388 g/mol. The van der Waals surface area contributed by atoms with Gasteiger partial charge < -0.3 is 14.6 Å². The summed E-state index contributed by atoms with van der Waals surface area (Å²) in [5.74, 6) is 0.562. The van der Waals surface area contributed by atoms with Gasteiger partial charge in [0.25, 0.3) is 0 Å². The van der Waals surface area contributed by atoms with Crippen molar-refractivity contribution in [3.8, 4) is 16.5 Å². The summed E-state index contributed by atoms with van der Waals surface area (Å²) in [6.07, 6.45) is 3.81. The largest absolute Gasteiger partial charge is 0.493 e. The van der Waals surface area contributed by atoms with E-state index in [1.54, 1.807) is 30.7 Å². The Hall–Kier alpha value is -2.77. The zero-order chi connectivity index (χ0) is 20.6. The minimum absolute atomic E-state index is 0.335. The van der Waals surface area contributed by atoms with E-state index in [9.17, 15) is 9.90 Å². The van der Waals surface area contributed by atoms with Crippen molar-refractivity contribution < 1.29 is 19.4 Å². The normalized spacial score (nSPS) is 11.9. The van der Waals surface area contributed by atoms with Crippen LogP contribution >= 0.6 is 11.3 Å². The SMILES string of the molecule is CCOC(Cc1ccc(OCCc2sc(-c3ncccn3)cc2C)cc1)C(=O)O. The number of nitrogens with zero attached hydrogens (tertiary/aromatic N) is 2. The number of rotatable bonds is 10. The van der Waals surface area contributed by atoms with Crippen molar-refractivity contribution >= 4 is 17.3 Å². The molecule has 7 heteroatoms. The molecule has 29 heavy (non-hydrogen) atoms. The topological polar surface area (TPSA) is 81.5 Å². The highest BCUT2D eigenvalue weighted by molar-refractivity contribution is 7.15. The van der Waals surface area contributed by atoms with E-state index in [1.807, 2.05) is 30.3 Å². The van der Waals surface area contributed by atoms with Crippen LogP contribution in [0.4, 0.5) is 0 Å². The third kappa shape index (κ3) is 5.85. The molecule has 1 aromatic carbocycles. The van der Waals surface area contributed by atoms with Crippen LogP contribution in [0, 0.1) is 6.92 Å². The molecule has 2 aromatic heterocycles. The number of hydrogen-bond acceptors (Lipinski definition) is 6. The van der Waals surface area contributed by atoms with E-state index in [2.05, 4.69) is 23.0 Å². The van der Waals surface area contributed by atoms with Gasteiger partial charge in [0, 0.05) is 36.7 Å².